The van der Waals surface area contributed by atoms with Crippen LogP contribution in [0.15, 0.2) is 24.3 Å². The highest BCUT2D eigenvalue weighted by molar-refractivity contribution is 5.82. The van der Waals surface area contributed by atoms with E-state index >= 15 is 0 Å². The van der Waals surface area contributed by atoms with Crippen molar-refractivity contribution in [1.82, 2.24) is 10.6 Å². The Labute approximate surface area is 128 Å². The molecule has 0 atom stereocenters. The highest BCUT2D eigenvalue weighted by Crippen LogP contribution is 2.27. The number of para-hydroxylation sites is 1. The van der Waals surface area contributed by atoms with Crippen molar-refractivity contribution in [2.24, 2.45) is 5.41 Å². The van der Waals surface area contributed by atoms with Crippen molar-refractivity contribution in [3.63, 3.8) is 0 Å². The summed E-state index contributed by atoms with van der Waals surface area (Å²) >= 11 is 0. The molecule has 0 aliphatic heterocycles. The number of methoxy groups -OCH3 is 1. The van der Waals surface area contributed by atoms with Crippen molar-refractivity contribution >= 4 is 5.91 Å². The second-order valence-electron chi connectivity index (χ2n) is 5.88. The largest absolute Gasteiger partial charge is 0.496 e. The number of ether oxygens (including phenoxy) is 1. The van der Waals surface area contributed by atoms with Gasteiger partial charge in [-0.25, -0.2) is 0 Å². The quantitative estimate of drug-likeness (QED) is 0.687. The van der Waals surface area contributed by atoms with Gasteiger partial charge in [-0.2, -0.15) is 0 Å². The molecule has 118 valence electrons. The standard InChI is InChI=1S/C17H28N2O2/c1-5-10-18-11-12-19-16(20)17(2,3)13-14-8-6-7-9-15(14)21-4/h6-9,18H,5,10-13H2,1-4H3,(H,19,20). The molecular weight excluding hydrogens is 264 g/mol. The van der Waals surface area contributed by atoms with E-state index in [1.807, 2.05) is 38.1 Å². The third-order valence-electron chi connectivity index (χ3n) is 3.45. The van der Waals surface area contributed by atoms with E-state index in [1.165, 1.54) is 0 Å². The average molecular weight is 292 g/mol. The smallest absolute Gasteiger partial charge is 0.226 e. The molecule has 21 heavy (non-hydrogen) atoms. The highest BCUT2D eigenvalue weighted by atomic mass is 16.5. The normalized spacial score (nSPS) is 11.2. The van der Waals surface area contributed by atoms with Gasteiger partial charge in [0.25, 0.3) is 0 Å². The molecule has 0 fully saturated rings. The molecule has 4 nitrogen and oxygen atoms in total. The Morgan fingerprint density at radius 2 is 1.90 bits per heavy atom. The van der Waals surface area contributed by atoms with E-state index in [9.17, 15) is 4.79 Å². The van der Waals surface area contributed by atoms with Gasteiger partial charge in [0, 0.05) is 18.5 Å². The Bertz CT molecular complexity index is 444. The fourth-order valence-corrected chi connectivity index (χ4v) is 2.21. The number of amides is 1. The molecule has 0 spiro atoms. The molecule has 2 N–H and O–H groups in total. The lowest BCUT2D eigenvalue weighted by molar-refractivity contribution is -0.129. The summed E-state index contributed by atoms with van der Waals surface area (Å²) in [5.41, 5.74) is 0.601. The zero-order valence-corrected chi connectivity index (χ0v) is 13.7. The molecular formula is C17H28N2O2. The van der Waals surface area contributed by atoms with E-state index in [0.29, 0.717) is 13.0 Å². The summed E-state index contributed by atoms with van der Waals surface area (Å²) in [6.07, 6.45) is 1.76. The Balaban J connectivity index is 2.53. The minimum absolute atomic E-state index is 0.0757. The molecule has 0 aliphatic carbocycles. The van der Waals surface area contributed by atoms with Gasteiger partial charge >= 0.3 is 0 Å². The van der Waals surface area contributed by atoms with Crippen molar-refractivity contribution in [3.05, 3.63) is 29.8 Å². The van der Waals surface area contributed by atoms with Crippen LogP contribution in [0.5, 0.6) is 5.75 Å². The molecule has 1 amide bonds. The highest BCUT2D eigenvalue weighted by Gasteiger charge is 2.28. The third-order valence-corrected chi connectivity index (χ3v) is 3.45. The summed E-state index contributed by atoms with van der Waals surface area (Å²) in [6, 6.07) is 7.85. The number of nitrogens with one attached hydrogen (secondary N) is 2. The number of hydrogen-bond acceptors (Lipinski definition) is 3. The van der Waals surface area contributed by atoms with Crippen LogP contribution in [-0.2, 0) is 11.2 Å². The Hall–Kier alpha value is -1.55. The maximum atomic E-state index is 12.3. The van der Waals surface area contributed by atoms with E-state index in [1.54, 1.807) is 7.11 Å². The predicted octanol–water partition coefficient (Wildman–Crippen LogP) is 2.38. The van der Waals surface area contributed by atoms with Gasteiger partial charge in [0.15, 0.2) is 0 Å². The van der Waals surface area contributed by atoms with Gasteiger partial charge in [0.2, 0.25) is 5.91 Å². The number of hydrogen-bond donors (Lipinski definition) is 2. The van der Waals surface area contributed by atoms with Crippen LogP contribution in [0.1, 0.15) is 32.8 Å². The summed E-state index contributed by atoms with van der Waals surface area (Å²) in [4.78, 5) is 12.3. The van der Waals surface area contributed by atoms with Crippen LogP contribution < -0.4 is 15.4 Å². The molecule has 0 bridgehead atoms. The predicted molar refractivity (Wildman–Crippen MR) is 86.6 cm³/mol. The first-order valence-corrected chi connectivity index (χ1v) is 7.62. The van der Waals surface area contributed by atoms with Gasteiger partial charge < -0.3 is 15.4 Å². The van der Waals surface area contributed by atoms with Crippen molar-refractivity contribution in [2.75, 3.05) is 26.7 Å². The van der Waals surface area contributed by atoms with Crippen LogP contribution in [-0.4, -0.2) is 32.7 Å². The number of carbonyl (C=O) groups excluding carboxylic acids is 1. The van der Waals surface area contributed by atoms with Crippen molar-refractivity contribution < 1.29 is 9.53 Å². The van der Waals surface area contributed by atoms with Crippen molar-refractivity contribution in [1.29, 1.82) is 0 Å². The number of benzene rings is 1. The lowest BCUT2D eigenvalue weighted by Crippen LogP contribution is -2.41. The molecule has 1 rings (SSSR count). The molecule has 0 aromatic heterocycles. The van der Waals surface area contributed by atoms with E-state index in [2.05, 4.69) is 17.6 Å². The topological polar surface area (TPSA) is 50.4 Å². The Kier molecular flexibility index (Phi) is 7.23. The summed E-state index contributed by atoms with van der Waals surface area (Å²) < 4.78 is 5.35. The van der Waals surface area contributed by atoms with Gasteiger partial charge in [0.1, 0.15) is 5.75 Å². The van der Waals surface area contributed by atoms with Crippen LogP contribution in [0.3, 0.4) is 0 Å². The first-order chi connectivity index (χ1) is 10.0. The summed E-state index contributed by atoms with van der Waals surface area (Å²) in [7, 11) is 1.66. The molecule has 0 saturated heterocycles. The second kappa shape index (κ2) is 8.67. The lowest BCUT2D eigenvalue weighted by Gasteiger charge is -2.24. The van der Waals surface area contributed by atoms with Gasteiger partial charge in [-0.3, -0.25) is 4.79 Å². The van der Waals surface area contributed by atoms with E-state index in [4.69, 9.17) is 4.74 Å². The lowest BCUT2D eigenvalue weighted by atomic mass is 9.84. The van der Waals surface area contributed by atoms with Gasteiger partial charge in [0.05, 0.1) is 7.11 Å². The second-order valence-corrected chi connectivity index (χ2v) is 5.88. The Morgan fingerprint density at radius 1 is 1.19 bits per heavy atom. The van der Waals surface area contributed by atoms with Gasteiger partial charge in [-0.05, 0) is 31.0 Å². The van der Waals surface area contributed by atoms with Crippen LogP contribution in [0.2, 0.25) is 0 Å². The van der Waals surface area contributed by atoms with Crippen LogP contribution in [0.4, 0.5) is 0 Å². The van der Waals surface area contributed by atoms with Gasteiger partial charge in [-0.15, -0.1) is 0 Å². The van der Waals surface area contributed by atoms with Gasteiger partial charge in [-0.1, -0.05) is 39.0 Å². The SMILES string of the molecule is CCCNCCNC(=O)C(C)(C)Cc1ccccc1OC. The minimum atomic E-state index is -0.459. The molecule has 0 heterocycles. The first kappa shape index (κ1) is 17.5. The van der Waals surface area contributed by atoms with E-state index in [-0.39, 0.29) is 5.91 Å². The van der Waals surface area contributed by atoms with Crippen LogP contribution >= 0.6 is 0 Å². The zero-order chi connectivity index (χ0) is 15.7. The van der Waals surface area contributed by atoms with E-state index < -0.39 is 5.41 Å². The minimum Gasteiger partial charge on any atom is -0.496 e. The molecule has 0 aliphatic rings. The molecule has 1 aromatic rings. The Morgan fingerprint density at radius 3 is 2.57 bits per heavy atom. The summed E-state index contributed by atoms with van der Waals surface area (Å²) in [5.74, 6) is 0.912. The number of carbonyl (C=O) groups is 1. The van der Waals surface area contributed by atoms with Crippen LogP contribution in [0, 0.1) is 5.41 Å². The average Bonchev–Trinajstić information content (AvgIpc) is 2.47. The molecule has 4 heteroatoms. The fourth-order valence-electron chi connectivity index (χ4n) is 2.21. The summed E-state index contributed by atoms with van der Waals surface area (Å²) in [5, 5.41) is 6.27. The number of rotatable bonds is 9. The van der Waals surface area contributed by atoms with Crippen molar-refractivity contribution in [3.8, 4) is 5.75 Å². The fraction of sp³-hybridized carbons (Fsp3) is 0.588. The monoisotopic (exact) mass is 292 g/mol. The first-order valence-electron chi connectivity index (χ1n) is 7.62. The molecule has 1 aromatic carbocycles. The molecule has 0 unspecified atom stereocenters. The van der Waals surface area contributed by atoms with E-state index in [0.717, 1.165) is 30.8 Å². The molecule has 0 radical (unpaired) electrons. The maximum Gasteiger partial charge on any atom is 0.226 e. The molecule has 0 saturated carbocycles. The van der Waals surface area contributed by atoms with Crippen molar-refractivity contribution in [2.45, 2.75) is 33.6 Å². The zero-order valence-electron chi connectivity index (χ0n) is 13.7. The third kappa shape index (κ3) is 5.76. The summed E-state index contributed by atoms with van der Waals surface area (Å²) in [6.45, 7) is 8.52. The maximum absolute atomic E-state index is 12.3. The van der Waals surface area contributed by atoms with Crippen LogP contribution in [0.25, 0.3) is 0 Å².